The van der Waals surface area contributed by atoms with Gasteiger partial charge >= 0.3 is 0 Å². The molecule has 0 heterocycles. The molecule has 88 valence electrons. The number of nitrogens with one attached hydrogen (secondary N) is 1. The molecular formula is C12H15BN2O2. The van der Waals surface area contributed by atoms with E-state index in [1.807, 2.05) is 12.1 Å². The fourth-order valence-electron chi connectivity index (χ4n) is 2.33. The highest BCUT2D eigenvalue weighted by atomic mass is 16.6. The van der Waals surface area contributed by atoms with E-state index in [1.165, 1.54) is 0 Å². The van der Waals surface area contributed by atoms with Crippen LogP contribution in [0.4, 0.5) is 5.69 Å². The Morgan fingerprint density at radius 1 is 1.24 bits per heavy atom. The molecule has 1 aromatic rings. The monoisotopic (exact) mass is 230 g/mol. The molecule has 0 saturated heterocycles. The second-order valence-electron chi connectivity index (χ2n) is 4.51. The zero-order valence-electron chi connectivity index (χ0n) is 9.63. The van der Waals surface area contributed by atoms with Gasteiger partial charge in [0.05, 0.1) is 6.04 Å². The highest BCUT2D eigenvalue weighted by Crippen LogP contribution is 2.23. The van der Waals surface area contributed by atoms with E-state index in [2.05, 4.69) is 5.32 Å². The van der Waals surface area contributed by atoms with Gasteiger partial charge in [-0.25, -0.2) is 0 Å². The van der Waals surface area contributed by atoms with Gasteiger partial charge in [0.2, 0.25) is 6.04 Å². The molecular weight excluding hydrogens is 215 g/mol. The molecule has 2 atom stereocenters. The minimum atomic E-state index is -0.471. The minimum Gasteiger partial charge on any atom is -0.376 e. The van der Waals surface area contributed by atoms with Gasteiger partial charge in [-0.2, -0.15) is 0 Å². The minimum absolute atomic E-state index is 0.0672. The van der Waals surface area contributed by atoms with Crippen LogP contribution in [0.25, 0.3) is 0 Å². The first-order valence-corrected chi connectivity index (χ1v) is 5.92. The molecule has 1 aromatic carbocycles. The van der Waals surface area contributed by atoms with Crippen molar-refractivity contribution in [1.82, 2.24) is 0 Å². The predicted molar refractivity (Wildman–Crippen MR) is 68.5 cm³/mol. The van der Waals surface area contributed by atoms with Gasteiger partial charge in [-0.3, -0.25) is 10.1 Å². The maximum atomic E-state index is 11.0. The fourth-order valence-corrected chi connectivity index (χ4v) is 2.33. The van der Waals surface area contributed by atoms with Gasteiger partial charge in [-0.15, -0.1) is 0 Å². The molecule has 1 saturated carbocycles. The number of benzene rings is 1. The van der Waals surface area contributed by atoms with Crippen molar-refractivity contribution in [3.05, 3.63) is 34.4 Å². The maximum absolute atomic E-state index is 11.0. The summed E-state index contributed by atoms with van der Waals surface area (Å²) in [7, 11) is 5.60. The number of hydrogen-bond donors (Lipinski definition) is 1. The van der Waals surface area contributed by atoms with Gasteiger partial charge < -0.3 is 5.32 Å². The third-order valence-electron chi connectivity index (χ3n) is 3.26. The number of anilines is 1. The summed E-state index contributed by atoms with van der Waals surface area (Å²) in [5.74, 6) is 0. The summed E-state index contributed by atoms with van der Waals surface area (Å²) in [6, 6.07) is 6.78. The van der Waals surface area contributed by atoms with E-state index >= 15 is 0 Å². The SMILES string of the molecule is [B]c1ccc(NC2CCCCC2[N+](=O)[O-])cc1. The van der Waals surface area contributed by atoms with Crippen molar-refractivity contribution in [2.24, 2.45) is 0 Å². The van der Waals surface area contributed by atoms with E-state index in [0.29, 0.717) is 11.9 Å². The molecule has 2 radical (unpaired) electrons. The lowest BCUT2D eigenvalue weighted by molar-refractivity contribution is -0.527. The number of nitro groups is 1. The maximum Gasteiger partial charge on any atom is 0.232 e. The van der Waals surface area contributed by atoms with Crippen molar-refractivity contribution in [2.75, 3.05) is 5.32 Å². The second-order valence-corrected chi connectivity index (χ2v) is 4.51. The molecule has 17 heavy (non-hydrogen) atoms. The van der Waals surface area contributed by atoms with E-state index in [1.54, 1.807) is 12.1 Å². The summed E-state index contributed by atoms with van der Waals surface area (Å²) in [5.41, 5.74) is 1.60. The highest BCUT2D eigenvalue weighted by Gasteiger charge is 2.33. The van der Waals surface area contributed by atoms with Crippen LogP contribution in [-0.4, -0.2) is 24.9 Å². The van der Waals surface area contributed by atoms with E-state index in [0.717, 1.165) is 24.9 Å². The topological polar surface area (TPSA) is 55.2 Å². The van der Waals surface area contributed by atoms with Crippen LogP contribution in [-0.2, 0) is 0 Å². The first kappa shape index (κ1) is 12.0. The fraction of sp³-hybridized carbons (Fsp3) is 0.500. The Bertz CT molecular complexity index is 394. The van der Waals surface area contributed by atoms with Crippen LogP contribution >= 0.6 is 0 Å². The van der Waals surface area contributed by atoms with Gasteiger partial charge in [0.15, 0.2) is 0 Å². The summed E-state index contributed by atoms with van der Waals surface area (Å²) in [6.07, 6.45) is 3.53. The third kappa shape index (κ3) is 2.99. The molecule has 1 aliphatic carbocycles. The lowest BCUT2D eigenvalue weighted by atomic mass is 9.90. The average molecular weight is 230 g/mol. The predicted octanol–water partition coefficient (Wildman–Crippen LogP) is 1.48. The Morgan fingerprint density at radius 2 is 1.88 bits per heavy atom. The summed E-state index contributed by atoms with van der Waals surface area (Å²) in [4.78, 5) is 10.8. The number of nitrogens with zero attached hydrogens (tertiary/aromatic N) is 1. The second kappa shape index (κ2) is 5.21. The molecule has 2 rings (SSSR count). The highest BCUT2D eigenvalue weighted by molar-refractivity contribution is 6.32. The Morgan fingerprint density at radius 3 is 2.53 bits per heavy atom. The zero-order chi connectivity index (χ0) is 12.3. The zero-order valence-corrected chi connectivity index (χ0v) is 9.63. The molecule has 0 bridgehead atoms. The Balaban J connectivity index is 2.05. The summed E-state index contributed by atoms with van der Waals surface area (Å²) >= 11 is 0. The van der Waals surface area contributed by atoms with Crippen LogP contribution in [0.3, 0.4) is 0 Å². The van der Waals surface area contributed by atoms with Crippen molar-refractivity contribution in [2.45, 2.75) is 37.8 Å². The molecule has 0 aliphatic heterocycles. The summed E-state index contributed by atoms with van der Waals surface area (Å²) < 4.78 is 0. The van der Waals surface area contributed by atoms with Gasteiger partial charge in [0, 0.05) is 17.0 Å². The van der Waals surface area contributed by atoms with Crippen LogP contribution < -0.4 is 10.8 Å². The number of hydrogen-bond acceptors (Lipinski definition) is 3. The first-order valence-electron chi connectivity index (χ1n) is 5.92. The molecule has 4 nitrogen and oxygen atoms in total. The molecule has 1 aliphatic rings. The largest absolute Gasteiger partial charge is 0.376 e. The molecule has 1 N–H and O–H groups in total. The van der Waals surface area contributed by atoms with Gasteiger partial charge in [-0.1, -0.05) is 24.0 Å². The summed E-state index contributed by atoms with van der Waals surface area (Å²) in [5, 5.41) is 14.2. The summed E-state index contributed by atoms with van der Waals surface area (Å²) in [6.45, 7) is 0. The quantitative estimate of drug-likeness (QED) is 0.486. The van der Waals surface area contributed by atoms with E-state index in [9.17, 15) is 10.1 Å². The first-order chi connectivity index (χ1) is 8.16. The van der Waals surface area contributed by atoms with Crippen LogP contribution in [0.5, 0.6) is 0 Å². The van der Waals surface area contributed by atoms with Gasteiger partial charge in [-0.05, 0) is 25.0 Å². The standard InChI is InChI=1S/C12H15BN2O2/c13-9-5-7-10(8-6-9)14-11-3-1-2-4-12(11)15(16)17/h5-8,11-12,14H,1-4H2. The van der Waals surface area contributed by atoms with Crippen LogP contribution in [0.15, 0.2) is 24.3 Å². The van der Waals surface area contributed by atoms with E-state index < -0.39 is 6.04 Å². The molecule has 0 spiro atoms. The average Bonchev–Trinajstić information content (AvgIpc) is 2.32. The molecule has 0 aromatic heterocycles. The van der Waals surface area contributed by atoms with E-state index in [4.69, 9.17) is 7.85 Å². The van der Waals surface area contributed by atoms with Crippen molar-refractivity contribution in [3.8, 4) is 0 Å². The number of rotatable bonds is 3. The van der Waals surface area contributed by atoms with Crippen molar-refractivity contribution < 1.29 is 4.92 Å². The molecule has 1 fully saturated rings. The Labute approximate surface area is 102 Å². The van der Waals surface area contributed by atoms with Crippen molar-refractivity contribution in [3.63, 3.8) is 0 Å². The van der Waals surface area contributed by atoms with Crippen LogP contribution in [0.2, 0.25) is 0 Å². The Hall–Kier alpha value is -1.52. The normalized spacial score (nSPS) is 24.2. The van der Waals surface area contributed by atoms with Crippen LogP contribution in [0.1, 0.15) is 25.7 Å². The van der Waals surface area contributed by atoms with Crippen molar-refractivity contribution in [1.29, 1.82) is 0 Å². The molecule has 0 amide bonds. The lowest BCUT2D eigenvalue weighted by Crippen LogP contribution is -2.41. The molecule has 2 unspecified atom stereocenters. The third-order valence-corrected chi connectivity index (χ3v) is 3.26. The smallest absolute Gasteiger partial charge is 0.232 e. The van der Waals surface area contributed by atoms with E-state index in [-0.39, 0.29) is 11.0 Å². The van der Waals surface area contributed by atoms with Crippen molar-refractivity contribution >= 4 is 19.0 Å². The van der Waals surface area contributed by atoms with Crippen LogP contribution in [0, 0.1) is 10.1 Å². The Kier molecular flexibility index (Phi) is 3.66. The molecule has 5 heteroatoms. The van der Waals surface area contributed by atoms with Gasteiger partial charge in [0.25, 0.3) is 0 Å². The van der Waals surface area contributed by atoms with Gasteiger partial charge in [0.1, 0.15) is 7.85 Å². The lowest BCUT2D eigenvalue weighted by Gasteiger charge is -2.27.